The fourth-order valence-corrected chi connectivity index (χ4v) is 1.24. The van der Waals surface area contributed by atoms with Crippen molar-refractivity contribution in [1.29, 1.82) is 0 Å². The SMILES string of the molecule is Cc1ccc(CNc2ccncc2)o1. The molecule has 72 valence electrons. The van der Waals surface area contributed by atoms with Crippen molar-refractivity contribution in [3.8, 4) is 0 Å². The van der Waals surface area contributed by atoms with Crippen molar-refractivity contribution in [2.45, 2.75) is 13.5 Å². The zero-order valence-electron chi connectivity index (χ0n) is 8.03. The second kappa shape index (κ2) is 3.96. The van der Waals surface area contributed by atoms with Crippen LogP contribution in [0.2, 0.25) is 0 Å². The van der Waals surface area contributed by atoms with Crippen molar-refractivity contribution in [2.75, 3.05) is 5.32 Å². The molecule has 0 unspecified atom stereocenters. The first-order valence-corrected chi connectivity index (χ1v) is 4.54. The summed E-state index contributed by atoms with van der Waals surface area (Å²) in [6.07, 6.45) is 3.52. The van der Waals surface area contributed by atoms with Gasteiger partial charge in [-0.3, -0.25) is 4.98 Å². The van der Waals surface area contributed by atoms with E-state index in [2.05, 4.69) is 10.3 Å². The summed E-state index contributed by atoms with van der Waals surface area (Å²) in [5.41, 5.74) is 1.05. The molecule has 14 heavy (non-hydrogen) atoms. The Morgan fingerprint density at radius 2 is 2.00 bits per heavy atom. The zero-order chi connectivity index (χ0) is 9.80. The van der Waals surface area contributed by atoms with Crippen molar-refractivity contribution in [3.05, 3.63) is 48.2 Å². The third kappa shape index (κ3) is 2.13. The van der Waals surface area contributed by atoms with E-state index in [1.165, 1.54) is 0 Å². The van der Waals surface area contributed by atoms with Crippen molar-refractivity contribution >= 4 is 5.69 Å². The van der Waals surface area contributed by atoms with Crippen LogP contribution >= 0.6 is 0 Å². The Bertz CT molecular complexity index is 395. The van der Waals surface area contributed by atoms with E-state index < -0.39 is 0 Å². The zero-order valence-corrected chi connectivity index (χ0v) is 8.03. The van der Waals surface area contributed by atoms with Crippen molar-refractivity contribution in [1.82, 2.24) is 4.98 Å². The molecule has 0 radical (unpaired) electrons. The van der Waals surface area contributed by atoms with E-state index in [4.69, 9.17) is 4.42 Å². The summed E-state index contributed by atoms with van der Waals surface area (Å²) < 4.78 is 5.43. The topological polar surface area (TPSA) is 38.1 Å². The predicted octanol–water partition coefficient (Wildman–Crippen LogP) is 2.60. The van der Waals surface area contributed by atoms with E-state index in [0.717, 1.165) is 17.2 Å². The summed E-state index contributed by atoms with van der Waals surface area (Å²) >= 11 is 0. The number of aromatic nitrogens is 1. The number of nitrogens with zero attached hydrogens (tertiary/aromatic N) is 1. The van der Waals surface area contributed by atoms with E-state index >= 15 is 0 Å². The van der Waals surface area contributed by atoms with Crippen LogP contribution in [0.4, 0.5) is 5.69 Å². The molecule has 3 heteroatoms. The lowest BCUT2D eigenvalue weighted by Crippen LogP contribution is -1.97. The number of aryl methyl sites for hydroxylation is 1. The first kappa shape index (κ1) is 8.81. The summed E-state index contributed by atoms with van der Waals surface area (Å²) in [6, 6.07) is 7.79. The molecule has 0 aliphatic heterocycles. The maximum absolute atomic E-state index is 5.43. The lowest BCUT2D eigenvalue weighted by molar-refractivity contribution is 0.490. The van der Waals surface area contributed by atoms with Gasteiger partial charge in [-0.2, -0.15) is 0 Å². The van der Waals surface area contributed by atoms with Gasteiger partial charge in [0.15, 0.2) is 0 Å². The molecule has 0 aliphatic rings. The fraction of sp³-hybridized carbons (Fsp3) is 0.182. The van der Waals surface area contributed by atoms with Gasteiger partial charge in [0, 0.05) is 18.1 Å². The van der Waals surface area contributed by atoms with Gasteiger partial charge in [-0.1, -0.05) is 0 Å². The average molecular weight is 188 g/mol. The first-order chi connectivity index (χ1) is 6.84. The summed E-state index contributed by atoms with van der Waals surface area (Å²) in [7, 11) is 0. The second-order valence-corrected chi connectivity index (χ2v) is 3.10. The molecular weight excluding hydrogens is 176 g/mol. The monoisotopic (exact) mass is 188 g/mol. The van der Waals surface area contributed by atoms with Crippen LogP contribution in [0, 0.1) is 6.92 Å². The molecule has 0 saturated carbocycles. The maximum atomic E-state index is 5.43. The van der Waals surface area contributed by atoms with Gasteiger partial charge < -0.3 is 9.73 Å². The van der Waals surface area contributed by atoms with Crippen LogP contribution in [0.25, 0.3) is 0 Å². The standard InChI is InChI=1S/C11H12N2O/c1-9-2-3-11(14-9)8-13-10-4-6-12-7-5-10/h2-7H,8H2,1H3,(H,12,13). The molecule has 0 atom stereocenters. The van der Waals surface area contributed by atoms with E-state index in [1.54, 1.807) is 12.4 Å². The fourth-order valence-electron chi connectivity index (χ4n) is 1.24. The van der Waals surface area contributed by atoms with Crippen LogP contribution in [0.1, 0.15) is 11.5 Å². The third-order valence-electron chi connectivity index (χ3n) is 1.94. The molecule has 0 bridgehead atoms. The first-order valence-electron chi connectivity index (χ1n) is 4.54. The van der Waals surface area contributed by atoms with Crippen LogP contribution < -0.4 is 5.32 Å². The highest BCUT2D eigenvalue weighted by Gasteiger charge is 1.97. The summed E-state index contributed by atoms with van der Waals surface area (Å²) in [5, 5.41) is 3.24. The van der Waals surface area contributed by atoms with Gasteiger partial charge in [0.25, 0.3) is 0 Å². The minimum absolute atomic E-state index is 0.706. The highest BCUT2D eigenvalue weighted by Crippen LogP contribution is 2.09. The van der Waals surface area contributed by atoms with Gasteiger partial charge in [-0.25, -0.2) is 0 Å². The smallest absolute Gasteiger partial charge is 0.123 e. The number of hydrogen-bond acceptors (Lipinski definition) is 3. The summed E-state index contributed by atoms with van der Waals surface area (Å²) in [5.74, 6) is 1.89. The van der Waals surface area contributed by atoms with Gasteiger partial charge >= 0.3 is 0 Å². The van der Waals surface area contributed by atoms with E-state index in [-0.39, 0.29) is 0 Å². The van der Waals surface area contributed by atoms with Crippen LogP contribution in [0.15, 0.2) is 41.1 Å². The molecule has 2 aromatic rings. The molecule has 2 heterocycles. The number of rotatable bonds is 3. The van der Waals surface area contributed by atoms with Crippen molar-refractivity contribution in [2.24, 2.45) is 0 Å². The minimum atomic E-state index is 0.706. The number of hydrogen-bond donors (Lipinski definition) is 1. The van der Waals surface area contributed by atoms with Crippen LogP contribution in [-0.4, -0.2) is 4.98 Å². The average Bonchev–Trinajstić information content (AvgIpc) is 2.63. The van der Waals surface area contributed by atoms with Crippen LogP contribution in [0.5, 0.6) is 0 Å². The normalized spacial score (nSPS) is 10.1. The van der Waals surface area contributed by atoms with Gasteiger partial charge in [0.2, 0.25) is 0 Å². The molecule has 3 nitrogen and oxygen atoms in total. The number of pyridine rings is 1. The lowest BCUT2D eigenvalue weighted by atomic mass is 10.4. The minimum Gasteiger partial charge on any atom is -0.465 e. The predicted molar refractivity (Wildman–Crippen MR) is 55.0 cm³/mol. The molecular formula is C11H12N2O. The summed E-state index contributed by atoms with van der Waals surface area (Å²) in [4.78, 5) is 3.94. The number of anilines is 1. The Kier molecular flexibility index (Phi) is 2.49. The highest BCUT2D eigenvalue weighted by molar-refractivity contribution is 5.40. The number of nitrogens with one attached hydrogen (secondary N) is 1. The van der Waals surface area contributed by atoms with Gasteiger partial charge in [-0.05, 0) is 31.2 Å². The molecule has 2 rings (SSSR count). The molecule has 0 amide bonds. The summed E-state index contributed by atoms with van der Waals surface area (Å²) in [6.45, 7) is 2.65. The quantitative estimate of drug-likeness (QED) is 0.804. The third-order valence-corrected chi connectivity index (χ3v) is 1.94. The molecule has 0 aromatic carbocycles. The Morgan fingerprint density at radius 3 is 2.64 bits per heavy atom. The Balaban J connectivity index is 1.95. The van der Waals surface area contributed by atoms with E-state index in [0.29, 0.717) is 6.54 Å². The van der Waals surface area contributed by atoms with Crippen molar-refractivity contribution in [3.63, 3.8) is 0 Å². The van der Waals surface area contributed by atoms with Crippen LogP contribution in [0.3, 0.4) is 0 Å². The molecule has 1 N–H and O–H groups in total. The van der Waals surface area contributed by atoms with E-state index in [1.807, 2.05) is 31.2 Å². The second-order valence-electron chi connectivity index (χ2n) is 3.10. The van der Waals surface area contributed by atoms with E-state index in [9.17, 15) is 0 Å². The Labute approximate surface area is 82.8 Å². The molecule has 0 saturated heterocycles. The molecule has 0 fully saturated rings. The maximum Gasteiger partial charge on any atom is 0.123 e. The van der Waals surface area contributed by atoms with Gasteiger partial charge in [-0.15, -0.1) is 0 Å². The molecule has 0 aliphatic carbocycles. The lowest BCUT2D eigenvalue weighted by Gasteiger charge is -2.02. The Hall–Kier alpha value is -1.77. The Morgan fingerprint density at radius 1 is 1.21 bits per heavy atom. The molecule has 0 spiro atoms. The highest BCUT2D eigenvalue weighted by atomic mass is 16.3. The van der Waals surface area contributed by atoms with Crippen molar-refractivity contribution < 1.29 is 4.42 Å². The molecule has 2 aromatic heterocycles. The van der Waals surface area contributed by atoms with Gasteiger partial charge in [0.1, 0.15) is 11.5 Å². The van der Waals surface area contributed by atoms with Gasteiger partial charge in [0.05, 0.1) is 6.54 Å². The largest absolute Gasteiger partial charge is 0.465 e. The van der Waals surface area contributed by atoms with Crippen LogP contribution in [-0.2, 0) is 6.54 Å². The number of furan rings is 1.